The number of aromatic nitrogens is 2. The Morgan fingerprint density at radius 1 is 1.03 bits per heavy atom. The SMILES string of the molecule is COC(=O)c1ccc(CNC(=O)c2cc(C(F)(F)F)cc3ccn(Cc4csc(-c5ccccc5)n4)c23)cc1. The predicted molar refractivity (Wildman–Crippen MR) is 143 cm³/mol. The minimum atomic E-state index is -4.62. The van der Waals surface area contributed by atoms with E-state index in [1.54, 1.807) is 41.1 Å². The number of alkyl halides is 3. The molecule has 2 heterocycles. The van der Waals surface area contributed by atoms with Gasteiger partial charge in [-0.1, -0.05) is 42.5 Å². The number of esters is 1. The van der Waals surface area contributed by atoms with E-state index in [9.17, 15) is 22.8 Å². The molecule has 5 rings (SSSR count). The number of thiazole rings is 1. The number of nitrogens with one attached hydrogen (secondary N) is 1. The molecule has 1 amide bonds. The lowest BCUT2D eigenvalue weighted by Crippen LogP contribution is -2.24. The Hall–Kier alpha value is -4.44. The molecule has 0 radical (unpaired) electrons. The zero-order valence-electron chi connectivity index (χ0n) is 20.7. The van der Waals surface area contributed by atoms with Gasteiger partial charge in [0.15, 0.2) is 0 Å². The van der Waals surface area contributed by atoms with Crippen LogP contribution < -0.4 is 5.32 Å². The standard InChI is InChI=1S/C29H22F3N3O3S/c1-38-28(37)20-9-7-18(8-10-20)15-33-26(36)24-14-22(29(30,31)32)13-21-11-12-35(25(21)24)16-23-17-39-27(34-23)19-5-3-2-4-6-19/h2-14,17H,15-16H2,1H3,(H,33,36). The number of hydrogen-bond acceptors (Lipinski definition) is 5. The first kappa shape index (κ1) is 26.2. The van der Waals surface area contributed by atoms with Crippen LogP contribution in [-0.4, -0.2) is 28.5 Å². The normalized spacial score (nSPS) is 11.5. The van der Waals surface area contributed by atoms with Crippen LogP contribution in [0.1, 0.15) is 37.5 Å². The maximum Gasteiger partial charge on any atom is 0.416 e. The van der Waals surface area contributed by atoms with Crippen molar-refractivity contribution < 1.29 is 27.5 Å². The number of ether oxygens (including phenoxy) is 1. The number of nitrogens with zero attached hydrogens (tertiary/aromatic N) is 2. The molecule has 0 aliphatic carbocycles. The van der Waals surface area contributed by atoms with E-state index in [4.69, 9.17) is 0 Å². The second-order valence-corrected chi connectivity index (χ2v) is 9.64. The third-order valence-corrected chi connectivity index (χ3v) is 7.11. The highest BCUT2D eigenvalue weighted by atomic mass is 32.1. The average Bonchev–Trinajstić information content (AvgIpc) is 3.58. The van der Waals surface area contributed by atoms with Gasteiger partial charge in [0, 0.05) is 29.1 Å². The number of halogens is 3. The van der Waals surface area contributed by atoms with Crippen molar-refractivity contribution in [1.29, 1.82) is 0 Å². The third kappa shape index (κ3) is 5.70. The summed E-state index contributed by atoms with van der Waals surface area (Å²) >= 11 is 1.47. The molecule has 0 aliphatic heterocycles. The topological polar surface area (TPSA) is 73.2 Å². The molecule has 6 nitrogen and oxygen atoms in total. The van der Waals surface area contributed by atoms with Gasteiger partial charge in [-0.3, -0.25) is 4.79 Å². The lowest BCUT2D eigenvalue weighted by molar-refractivity contribution is -0.137. The zero-order valence-corrected chi connectivity index (χ0v) is 21.5. The molecule has 0 aliphatic rings. The molecule has 0 bridgehead atoms. The number of fused-ring (bicyclic) bond motifs is 1. The van der Waals surface area contributed by atoms with E-state index in [2.05, 4.69) is 15.0 Å². The summed E-state index contributed by atoms with van der Waals surface area (Å²) < 4.78 is 47.4. The number of amides is 1. The van der Waals surface area contributed by atoms with E-state index < -0.39 is 23.6 Å². The highest BCUT2D eigenvalue weighted by molar-refractivity contribution is 7.13. The van der Waals surface area contributed by atoms with Crippen LogP contribution in [-0.2, 0) is 24.0 Å². The monoisotopic (exact) mass is 549 g/mol. The maximum atomic E-state index is 13.7. The van der Waals surface area contributed by atoms with Gasteiger partial charge in [-0.25, -0.2) is 9.78 Å². The summed E-state index contributed by atoms with van der Waals surface area (Å²) in [7, 11) is 1.28. The van der Waals surface area contributed by atoms with E-state index >= 15 is 0 Å². The average molecular weight is 550 g/mol. The highest BCUT2D eigenvalue weighted by Crippen LogP contribution is 2.34. The summed E-state index contributed by atoms with van der Waals surface area (Å²) in [6.07, 6.45) is -2.96. The summed E-state index contributed by atoms with van der Waals surface area (Å²) in [5, 5.41) is 5.74. The van der Waals surface area contributed by atoms with Crippen molar-refractivity contribution in [1.82, 2.24) is 14.9 Å². The van der Waals surface area contributed by atoms with Gasteiger partial charge in [0.2, 0.25) is 0 Å². The Balaban J connectivity index is 1.44. The highest BCUT2D eigenvalue weighted by Gasteiger charge is 2.32. The first-order valence-corrected chi connectivity index (χ1v) is 12.8. The number of hydrogen-bond donors (Lipinski definition) is 1. The Kier molecular flexibility index (Phi) is 7.21. The van der Waals surface area contributed by atoms with Crippen molar-refractivity contribution in [2.24, 2.45) is 0 Å². The van der Waals surface area contributed by atoms with Crippen molar-refractivity contribution in [3.63, 3.8) is 0 Å². The molecule has 5 aromatic rings. The van der Waals surface area contributed by atoms with Crippen LogP contribution in [0.15, 0.2) is 84.4 Å². The number of methoxy groups -OCH3 is 1. The van der Waals surface area contributed by atoms with E-state index in [0.29, 0.717) is 22.0 Å². The quantitative estimate of drug-likeness (QED) is 0.234. The van der Waals surface area contributed by atoms with Crippen LogP contribution in [0, 0.1) is 0 Å². The van der Waals surface area contributed by atoms with Gasteiger partial charge in [0.25, 0.3) is 5.91 Å². The van der Waals surface area contributed by atoms with Gasteiger partial charge in [0.1, 0.15) is 5.01 Å². The Bertz CT molecular complexity index is 1640. The smallest absolute Gasteiger partial charge is 0.416 e. The minimum absolute atomic E-state index is 0.0608. The molecule has 0 saturated heterocycles. The Morgan fingerprint density at radius 3 is 2.46 bits per heavy atom. The van der Waals surface area contributed by atoms with Crippen molar-refractivity contribution in [3.05, 3.63) is 112 Å². The second-order valence-electron chi connectivity index (χ2n) is 8.78. The van der Waals surface area contributed by atoms with Crippen LogP contribution >= 0.6 is 11.3 Å². The molecular weight excluding hydrogens is 527 g/mol. The lowest BCUT2D eigenvalue weighted by atomic mass is 10.0. The molecule has 2 aromatic heterocycles. The van der Waals surface area contributed by atoms with Crippen LogP contribution in [0.3, 0.4) is 0 Å². The van der Waals surface area contributed by atoms with Crippen molar-refractivity contribution in [2.75, 3.05) is 7.11 Å². The zero-order chi connectivity index (χ0) is 27.6. The maximum absolute atomic E-state index is 13.7. The molecule has 0 unspecified atom stereocenters. The fourth-order valence-corrected chi connectivity index (χ4v) is 5.06. The second kappa shape index (κ2) is 10.7. The molecule has 3 aromatic carbocycles. The molecular formula is C29H22F3N3O3S. The van der Waals surface area contributed by atoms with Crippen LogP contribution in [0.5, 0.6) is 0 Å². The summed E-state index contributed by atoms with van der Waals surface area (Å²) in [4.78, 5) is 29.6. The van der Waals surface area contributed by atoms with Crippen molar-refractivity contribution in [3.8, 4) is 10.6 Å². The van der Waals surface area contributed by atoms with E-state index in [-0.39, 0.29) is 18.7 Å². The fourth-order valence-electron chi connectivity index (χ4n) is 4.24. The predicted octanol–water partition coefficient (Wildman–Crippen LogP) is 6.55. The third-order valence-electron chi connectivity index (χ3n) is 6.17. The number of rotatable bonds is 7. The van der Waals surface area contributed by atoms with Gasteiger partial charge in [0.05, 0.1) is 41.6 Å². The van der Waals surface area contributed by atoms with E-state index in [1.165, 1.54) is 18.4 Å². The number of carbonyl (C=O) groups excluding carboxylic acids is 2. The van der Waals surface area contributed by atoms with Crippen LogP contribution in [0.4, 0.5) is 13.2 Å². The molecule has 198 valence electrons. The lowest BCUT2D eigenvalue weighted by Gasteiger charge is -2.14. The largest absolute Gasteiger partial charge is 0.465 e. The Labute approximate surface area is 225 Å². The fraction of sp³-hybridized carbons (Fsp3) is 0.138. The van der Waals surface area contributed by atoms with Crippen LogP contribution in [0.25, 0.3) is 21.5 Å². The summed E-state index contributed by atoms with van der Waals surface area (Å²) in [6.45, 7) is 0.346. The molecule has 0 spiro atoms. The molecule has 0 saturated carbocycles. The summed E-state index contributed by atoms with van der Waals surface area (Å²) in [6, 6.07) is 19.6. The molecule has 39 heavy (non-hydrogen) atoms. The van der Waals surface area contributed by atoms with Gasteiger partial charge in [-0.05, 0) is 35.9 Å². The summed E-state index contributed by atoms with van der Waals surface area (Å²) in [5.74, 6) is -1.14. The first-order chi connectivity index (χ1) is 18.7. The van der Waals surface area contributed by atoms with Crippen LogP contribution in [0.2, 0.25) is 0 Å². The van der Waals surface area contributed by atoms with Crippen molar-refractivity contribution >= 4 is 34.1 Å². The van der Waals surface area contributed by atoms with Gasteiger partial charge in [-0.2, -0.15) is 13.2 Å². The molecule has 1 N–H and O–H groups in total. The molecule has 0 atom stereocenters. The first-order valence-electron chi connectivity index (χ1n) is 11.9. The molecule has 10 heteroatoms. The van der Waals surface area contributed by atoms with E-state index in [1.807, 2.05) is 35.7 Å². The van der Waals surface area contributed by atoms with E-state index in [0.717, 1.165) is 28.4 Å². The minimum Gasteiger partial charge on any atom is -0.465 e. The summed E-state index contributed by atoms with van der Waals surface area (Å²) in [5.41, 5.74) is 2.12. The van der Waals surface area contributed by atoms with Gasteiger partial charge < -0.3 is 14.6 Å². The van der Waals surface area contributed by atoms with Gasteiger partial charge in [-0.15, -0.1) is 11.3 Å². The number of carbonyl (C=O) groups is 2. The number of benzene rings is 3. The Morgan fingerprint density at radius 2 is 1.77 bits per heavy atom. The van der Waals surface area contributed by atoms with Crippen molar-refractivity contribution in [2.45, 2.75) is 19.3 Å². The molecule has 0 fully saturated rings. The van der Waals surface area contributed by atoms with Gasteiger partial charge >= 0.3 is 12.1 Å².